The molecule has 142 valence electrons. The number of allylic oxidation sites excluding steroid dienone is 4. The molecule has 0 N–H and O–H groups in total. The van der Waals surface area contributed by atoms with Gasteiger partial charge in [0.25, 0.3) is 0 Å². The van der Waals surface area contributed by atoms with Gasteiger partial charge in [0.1, 0.15) is 0 Å². The molecule has 2 heteroatoms. The number of aromatic nitrogens is 1. The molecule has 2 heterocycles. The van der Waals surface area contributed by atoms with Crippen LogP contribution >= 0.6 is 0 Å². The number of para-hydroxylation sites is 1. The first-order valence-corrected chi connectivity index (χ1v) is 9.96. The van der Waals surface area contributed by atoms with Crippen LogP contribution in [0.3, 0.4) is 0 Å². The molecule has 0 fully saturated rings. The summed E-state index contributed by atoms with van der Waals surface area (Å²) >= 11 is 0. The number of benzene rings is 3. The lowest BCUT2D eigenvalue weighted by Gasteiger charge is -2.24. The number of rotatable bonds is 1. The van der Waals surface area contributed by atoms with E-state index >= 15 is 0 Å². The van der Waals surface area contributed by atoms with Crippen LogP contribution in [0.15, 0.2) is 91.2 Å². The minimum Gasteiger partial charge on any atom is -0.349 e. The van der Waals surface area contributed by atoms with E-state index in [4.69, 9.17) is 0 Å². The SMILES string of the molecule is C=C1/C=C(C)\C=C/N(C)c2c1ccc1c3cc(C)ccc3n(-c3ccccc3)c21. The van der Waals surface area contributed by atoms with Gasteiger partial charge in [0.05, 0.1) is 16.7 Å². The van der Waals surface area contributed by atoms with Crippen molar-refractivity contribution in [1.29, 1.82) is 0 Å². The van der Waals surface area contributed by atoms with Gasteiger partial charge in [-0.1, -0.05) is 54.6 Å². The fourth-order valence-electron chi connectivity index (χ4n) is 4.37. The zero-order valence-corrected chi connectivity index (χ0v) is 17.1. The Morgan fingerprint density at radius 1 is 0.862 bits per heavy atom. The summed E-state index contributed by atoms with van der Waals surface area (Å²) in [6.07, 6.45) is 6.45. The lowest BCUT2D eigenvalue weighted by atomic mass is 9.98. The van der Waals surface area contributed by atoms with E-state index in [1.165, 1.54) is 49.9 Å². The normalized spacial score (nSPS) is 17.0. The van der Waals surface area contributed by atoms with Gasteiger partial charge in [-0.25, -0.2) is 0 Å². The van der Waals surface area contributed by atoms with Gasteiger partial charge < -0.3 is 9.47 Å². The van der Waals surface area contributed by atoms with Crippen LogP contribution in [0, 0.1) is 6.92 Å². The Balaban J connectivity index is 2.00. The van der Waals surface area contributed by atoms with Gasteiger partial charge in [-0.15, -0.1) is 0 Å². The second-order valence-electron chi connectivity index (χ2n) is 7.89. The zero-order chi connectivity index (χ0) is 20.1. The van der Waals surface area contributed by atoms with Gasteiger partial charge >= 0.3 is 0 Å². The van der Waals surface area contributed by atoms with Crippen LogP contribution < -0.4 is 4.90 Å². The van der Waals surface area contributed by atoms with E-state index in [0.717, 1.165) is 5.57 Å². The molecule has 0 unspecified atom stereocenters. The minimum absolute atomic E-state index is 1.04. The van der Waals surface area contributed by atoms with E-state index in [1.807, 2.05) is 0 Å². The maximum absolute atomic E-state index is 4.37. The minimum atomic E-state index is 1.04. The zero-order valence-electron chi connectivity index (χ0n) is 17.1. The summed E-state index contributed by atoms with van der Waals surface area (Å²) in [5.74, 6) is 0. The standard InChI is InChI=1S/C27H24N2/c1-18-10-13-25-24(17-18)23-12-11-22-20(3)16-19(2)14-15-28(4)26(22)27(23)29(25)21-8-6-5-7-9-21/h5-17H,3H2,1-2,4H3/b15-14-,19-16-. The van der Waals surface area contributed by atoms with Crippen molar-refractivity contribution in [2.24, 2.45) is 0 Å². The first-order valence-electron chi connectivity index (χ1n) is 9.96. The van der Waals surface area contributed by atoms with Gasteiger partial charge in [-0.05, 0) is 55.3 Å². The van der Waals surface area contributed by atoms with Crippen LogP contribution in [0.25, 0.3) is 33.1 Å². The van der Waals surface area contributed by atoms with Crippen molar-refractivity contribution in [3.63, 3.8) is 0 Å². The second kappa shape index (κ2) is 6.52. The smallest absolute Gasteiger partial charge is 0.0785 e. The van der Waals surface area contributed by atoms with E-state index in [9.17, 15) is 0 Å². The summed E-state index contributed by atoms with van der Waals surface area (Å²) in [6, 6.07) is 21.8. The molecule has 3 aromatic carbocycles. The van der Waals surface area contributed by atoms with Gasteiger partial charge in [0.15, 0.2) is 0 Å². The van der Waals surface area contributed by atoms with E-state index < -0.39 is 0 Å². The van der Waals surface area contributed by atoms with Gasteiger partial charge in [-0.3, -0.25) is 0 Å². The topological polar surface area (TPSA) is 8.17 Å². The van der Waals surface area contributed by atoms with E-state index in [1.54, 1.807) is 0 Å². The van der Waals surface area contributed by atoms with E-state index in [2.05, 4.69) is 116 Å². The highest BCUT2D eigenvalue weighted by atomic mass is 15.1. The van der Waals surface area contributed by atoms with Crippen LogP contribution in [0.1, 0.15) is 18.1 Å². The third kappa shape index (κ3) is 2.72. The van der Waals surface area contributed by atoms with Crippen molar-refractivity contribution in [2.75, 3.05) is 11.9 Å². The molecule has 0 amide bonds. The highest BCUT2D eigenvalue weighted by Crippen LogP contribution is 2.42. The predicted molar refractivity (Wildman–Crippen MR) is 126 cm³/mol. The summed E-state index contributed by atoms with van der Waals surface area (Å²) in [7, 11) is 2.12. The van der Waals surface area contributed by atoms with E-state index in [-0.39, 0.29) is 0 Å². The molecule has 1 aromatic heterocycles. The Morgan fingerprint density at radius 2 is 1.66 bits per heavy atom. The summed E-state index contributed by atoms with van der Waals surface area (Å²) in [5.41, 5.74) is 9.47. The molecule has 2 nitrogen and oxygen atoms in total. The number of hydrogen-bond acceptors (Lipinski definition) is 1. The van der Waals surface area contributed by atoms with Gasteiger partial charge in [0.2, 0.25) is 0 Å². The molecular formula is C27H24N2. The van der Waals surface area contributed by atoms with Crippen LogP contribution in [0.4, 0.5) is 5.69 Å². The highest BCUT2D eigenvalue weighted by Gasteiger charge is 2.21. The fraction of sp³-hybridized carbons (Fsp3) is 0.111. The first-order chi connectivity index (χ1) is 14.0. The predicted octanol–water partition coefficient (Wildman–Crippen LogP) is 7.02. The number of fused-ring (bicyclic) bond motifs is 5. The molecule has 0 saturated heterocycles. The number of aryl methyl sites for hydroxylation is 1. The van der Waals surface area contributed by atoms with Crippen molar-refractivity contribution >= 4 is 33.1 Å². The highest BCUT2D eigenvalue weighted by molar-refractivity contribution is 6.15. The monoisotopic (exact) mass is 376 g/mol. The Labute approximate surface area is 171 Å². The summed E-state index contributed by atoms with van der Waals surface area (Å²) < 4.78 is 2.39. The quantitative estimate of drug-likeness (QED) is 0.347. The Kier molecular flexibility index (Phi) is 3.95. The molecular weight excluding hydrogens is 352 g/mol. The lowest BCUT2D eigenvalue weighted by molar-refractivity contribution is 1.14. The molecule has 5 rings (SSSR count). The first kappa shape index (κ1) is 17.6. The average Bonchev–Trinajstić information content (AvgIpc) is 3.04. The Morgan fingerprint density at radius 3 is 2.45 bits per heavy atom. The molecule has 1 aliphatic heterocycles. The summed E-state index contributed by atoms with van der Waals surface area (Å²) in [6.45, 7) is 8.64. The van der Waals surface area contributed by atoms with Crippen LogP contribution in [0.2, 0.25) is 0 Å². The molecule has 4 aromatic rings. The molecule has 0 atom stereocenters. The van der Waals surface area contributed by atoms with Crippen molar-refractivity contribution < 1.29 is 0 Å². The maximum Gasteiger partial charge on any atom is 0.0785 e. The number of hydrogen-bond donors (Lipinski definition) is 0. The summed E-state index contributed by atoms with van der Waals surface area (Å²) in [4.78, 5) is 2.23. The molecule has 0 aliphatic carbocycles. The maximum atomic E-state index is 4.37. The van der Waals surface area contributed by atoms with E-state index in [0.29, 0.717) is 0 Å². The second-order valence-corrected chi connectivity index (χ2v) is 7.89. The van der Waals surface area contributed by atoms with Gasteiger partial charge in [-0.2, -0.15) is 0 Å². The lowest BCUT2D eigenvalue weighted by Crippen LogP contribution is -2.13. The van der Waals surface area contributed by atoms with Crippen LogP contribution in [0.5, 0.6) is 0 Å². The third-order valence-electron chi connectivity index (χ3n) is 5.73. The number of anilines is 1. The fourth-order valence-corrected chi connectivity index (χ4v) is 4.37. The van der Waals surface area contributed by atoms with Gasteiger partial charge in [0, 0.05) is 35.3 Å². The third-order valence-corrected chi connectivity index (χ3v) is 5.73. The summed E-state index contributed by atoms with van der Waals surface area (Å²) in [5, 5.41) is 2.55. The van der Waals surface area contributed by atoms with Crippen molar-refractivity contribution in [3.8, 4) is 5.69 Å². The molecule has 0 saturated carbocycles. The Hall–Kier alpha value is -3.52. The molecule has 1 aliphatic rings. The van der Waals surface area contributed by atoms with Crippen molar-refractivity contribution in [3.05, 3.63) is 102 Å². The largest absolute Gasteiger partial charge is 0.349 e. The van der Waals surface area contributed by atoms with Crippen molar-refractivity contribution in [2.45, 2.75) is 13.8 Å². The average molecular weight is 377 g/mol. The van der Waals surface area contributed by atoms with Crippen LogP contribution in [-0.2, 0) is 0 Å². The molecule has 0 spiro atoms. The molecule has 0 radical (unpaired) electrons. The van der Waals surface area contributed by atoms with Crippen molar-refractivity contribution in [1.82, 2.24) is 4.57 Å². The Bertz CT molecular complexity index is 1330. The number of nitrogens with zero attached hydrogens (tertiary/aromatic N) is 2. The molecule has 0 bridgehead atoms. The van der Waals surface area contributed by atoms with Crippen LogP contribution in [-0.4, -0.2) is 11.6 Å². The molecule has 29 heavy (non-hydrogen) atoms.